The van der Waals surface area contributed by atoms with Crippen molar-refractivity contribution >= 4 is 29.3 Å². The largest absolute Gasteiger partial charge is 0.497 e. The van der Waals surface area contributed by atoms with Crippen molar-refractivity contribution in [3.63, 3.8) is 0 Å². The van der Waals surface area contributed by atoms with Gasteiger partial charge in [-0.25, -0.2) is 0 Å². The zero-order valence-corrected chi connectivity index (χ0v) is 22.9. The lowest BCUT2D eigenvalue weighted by Crippen LogP contribution is -2.55. The fraction of sp³-hybridized carbons (Fsp3) is 0.731. The van der Waals surface area contributed by atoms with Gasteiger partial charge >= 0.3 is 0 Å². The van der Waals surface area contributed by atoms with Crippen LogP contribution in [0.2, 0.25) is 0 Å². The normalized spacial score (nSPS) is 33.1. The number of aliphatic hydroxyl groups excluding tert-OH is 3. The van der Waals surface area contributed by atoms with Crippen molar-refractivity contribution in [3.8, 4) is 5.75 Å². The van der Waals surface area contributed by atoms with Crippen LogP contribution in [0.3, 0.4) is 0 Å². The van der Waals surface area contributed by atoms with Crippen LogP contribution in [0.25, 0.3) is 0 Å². The number of amides is 1. The lowest BCUT2D eigenvalue weighted by atomic mass is 9.92. The van der Waals surface area contributed by atoms with Crippen molar-refractivity contribution in [2.75, 3.05) is 19.9 Å². The van der Waals surface area contributed by atoms with Gasteiger partial charge in [0.2, 0.25) is 5.91 Å². The highest BCUT2D eigenvalue weighted by molar-refractivity contribution is 7.99. The highest BCUT2D eigenvalue weighted by Gasteiger charge is 2.42. The molecule has 2 aliphatic rings. The second-order valence-electron chi connectivity index (χ2n) is 9.90. The Labute approximate surface area is 223 Å². The average molecular weight is 545 g/mol. The van der Waals surface area contributed by atoms with E-state index in [4.69, 9.17) is 21.1 Å². The number of carbonyl (C=O) groups excluding carboxylic acids is 1. The van der Waals surface area contributed by atoms with E-state index in [1.807, 2.05) is 12.1 Å². The topological polar surface area (TPSA) is 120 Å². The molecular formula is C26H41ClN2O6S. The summed E-state index contributed by atoms with van der Waals surface area (Å²) < 4.78 is 11.3. The van der Waals surface area contributed by atoms with E-state index in [2.05, 4.69) is 22.8 Å². The molecule has 36 heavy (non-hydrogen) atoms. The maximum Gasteiger partial charge on any atom is 0.237 e. The zero-order chi connectivity index (χ0) is 26.2. The molecule has 2 saturated heterocycles. The van der Waals surface area contributed by atoms with E-state index in [-0.39, 0.29) is 18.4 Å². The number of aryl methyl sites for hydroxylation is 1. The van der Waals surface area contributed by atoms with Crippen molar-refractivity contribution in [2.24, 2.45) is 5.92 Å². The number of ether oxygens (including phenoxy) is 2. The number of nitrogens with one attached hydrogen (secondary N) is 2. The molecular weight excluding hydrogens is 504 g/mol. The predicted octanol–water partition coefficient (Wildman–Crippen LogP) is 2.06. The second kappa shape index (κ2) is 14.2. The summed E-state index contributed by atoms with van der Waals surface area (Å²) in [6.07, 6.45) is 2.17. The first kappa shape index (κ1) is 29.5. The number of halogens is 1. The molecule has 2 heterocycles. The summed E-state index contributed by atoms with van der Waals surface area (Å²) >= 11 is 7.71. The third-order valence-corrected chi connectivity index (χ3v) is 8.49. The summed E-state index contributed by atoms with van der Waals surface area (Å²) in [5.41, 5.74) is 0.546. The van der Waals surface area contributed by atoms with Crippen LogP contribution in [0.15, 0.2) is 24.3 Å². The molecule has 1 amide bonds. The summed E-state index contributed by atoms with van der Waals surface area (Å²) in [5, 5.41) is 36.8. The number of alkyl halides is 1. The van der Waals surface area contributed by atoms with Gasteiger partial charge in [0.15, 0.2) is 0 Å². The number of rotatable bonds is 9. The Morgan fingerprint density at radius 2 is 1.94 bits per heavy atom. The molecule has 0 spiro atoms. The summed E-state index contributed by atoms with van der Waals surface area (Å²) in [7, 11) is 1.67. The van der Waals surface area contributed by atoms with Crippen LogP contribution in [-0.4, -0.2) is 88.4 Å². The minimum Gasteiger partial charge on any atom is -0.497 e. The summed E-state index contributed by atoms with van der Waals surface area (Å²) in [5.74, 6) is 1.24. The molecule has 2 aliphatic heterocycles. The van der Waals surface area contributed by atoms with Crippen LogP contribution in [0, 0.1) is 5.92 Å². The van der Waals surface area contributed by atoms with Crippen molar-refractivity contribution in [3.05, 3.63) is 29.8 Å². The molecule has 1 aromatic carbocycles. The van der Waals surface area contributed by atoms with Crippen LogP contribution in [0.5, 0.6) is 5.75 Å². The molecule has 4 unspecified atom stereocenters. The molecule has 8 nitrogen and oxygen atoms in total. The van der Waals surface area contributed by atoms with Crippen molar-refractivity contribution in [2.45, 2.75) is 92.8 Å². The highest BCUT2D eigenvalue weighted by Crippen LogP contribution is 2.29. The zero-order valence-electron chi connectivity index (χ0n) is 21.3. The first-order chi connectivity index (χ1) is 17.2. The molecule has 0 saturated carbocycles. The smallest absolute Gasteiger partial charge is 0.237 e. The first-order valence-corrected chi connectivity index (χ1v) is 14.5. The van der Waals surface area contributed by atoms with Crippen molar-refractivity contribution in [1.29, 1.82) is 0 Å². The van der Waals surface area contributed by atoms with Gasteiger partial charge in [-0.05, 0) is 75.4 Å². The monoisotopic (exact) mass is 544 g/mol. The van der Waals surface area contributed by atoms with Crippen LogP contribution < -0.4 is 15.4 Å². The van der Waals surface area contributed by atoms with Gasteiger partial charge in [-0.1, -0.05) is 12.1 Å². The third-order valence-electron chi connectivity index (χ3n) is 7.37. The standard InChI is InChI=1S/C26H41ClN2O6S/c1-15(27)22(21-14-20(30)23(31)24(32)26(35-21)36-3)29-25(33)19-11-8-17(12-13-28-19)5-4-16-6-9-18(34-2)10-7-16/h6-7,9-10,15,17,19-24,26,28,30-32H,4-5,8,11-14H2,1-3H3,(H,29,33)/t15-,17-,19-,20?,21?,22+,23?,24+,26?/m0/s1. The molecule has 0 bridgehead atoms. The van der Waals surface area contributed by atoms with Gasteiger partial charge in [0, 0.05) is 6.42 Å². The Kier molecular flexibility index (Phi) is 11.6. The van der Waals surface area contributed by atoms with E-state index in [0.717, 1.165) is 44.4 Å². The second-order valence-corrected chi connectivity index (χ2v) is 11.5. The Bertz CT molecular complexity index is 816. The molecule has 9 atom stereocenters. The number of hydrogen-bond acceptors (Lipinski definition) is 8. The highest BCUT2D eigenvalue weighted by atomic mass is 35.5. The number of methoxy groups -OCH3 is 1. The summed E-state index contributed by atoms with van der Waals surface area (Å²) in [6, 6.07) is 7.25. The van der Waals surface area contributed by atoms with E-state index >= 15 is 0 Å². The molecule has 3 rings (SSSR count). The van der Waals surface area contributed by atoms with Gasteiger partial charge in [-0.3, -0.25) is 4.79 Å². The van der Waals surface area contributed by atoms with Gasteiger partial charge < -0.3 is 35.4 Å². The maximum atomic E-state index is 13.2. The molecule has 1 aromatic rings. The van der Waals surface area contributed by atoms with Gasteiger partial charge in [0.05, 0.1) is 36.8 Å². The average Bonchev–Trinajstić information content (AvgIpc) is 3.18. The predicted molar refractivity (Wildman–Crippen MR) is 143 cm³/mol. The van der Waals surface area contributed by atoms with Gasteiger partial charge in [0.25, 0.3) is 0 Å². The maximum absolute atomic E-state index is 13.2. The molecule has 0 aromatic heterocycles. The SMILES string of the molecule is COc1ccc(CC[C@@H]2CCN[C@H](C(=O)N[C@@H](C3CC(O)C(O)[C@@H](O)C(SC)O3)[C@H](C)Cl)CC2)cc1. The molecule has 0 radical (unpaired) electrons. The van der Waals surface area contributed by atoms with E-state index in [0.29, 0.717) is 5.92 Å². The lowest BCUT2D eigenvalue weighted by molar-refractivity contribution is -0.125. The Hall–Kier alpha value is -1.07. The van der Waals surface area contributed by atoms with Crippen LogP contribution in [0.1, 0.15) is 44.6 Å². The van der Waals surface area contributed by atoms with E-state index in [1.54, 1.807) is 20.3 Å². The van der Waals surface area contributed by atoms with Crippen LogP contribution in [-0.2, 0) is 16.0 Å². The molecule has 10 heteroatoms. The van der Waals surface area contributed by atoms with E-state index in [9.17, 15) is 20.1 Å². The van der Waals surface area contributed by atoms with Crippen LogP contribution in [0.4, 0.5) is 0 Å². The van der Waals surface area contributed by atoms with Crippen molar-refractivity contribution in [1.82, 2.24) is 10.6 Å². The molecule has 2 fully saturated rings. The van der Waals surface area contributed by atoms with Gasteiger partial charge in [-0.2, -0.15) is 0 Å². The summed E-state index contributed by atoms with van der Waals surface area (Å²) in [6.45, 7) is 2.53. The number of hydrogen-bond donors (Lipinski definition) is 5. The molecule has 204 valence electrons. The number of carbonyl (C=O) groups is 1. The minimum atomic E-state index is -1.33. The van der Waals surface area contributed by atoms with Gasteiger partial charge in [-0.15, -0.1) is 23.4 Å². The quantitative estimate of drug-likeness (QED) is 0.300. The minimum absolute atomic E-state index is 0.0584. The number of thioether (sulfide) groups is 1. The fourth-order valence-corrected chi connectivity index (χ4v) is 5.97. The first-order valence-electron chi connectivity index (χ1n) is 12.8. The Morgan fingerprint density at radius 1 is 1.22 bits per heavy atom. The number of aliphatic hydroxyl groups is 3. The van der Waals surface area contributed by atoms with Crippen molar-refractivity contribution < 1.29 is 29.6 Å². The van der Waals surface area contributed by atoms with E-state index < -0.39 is 41.3 Å². The van der Waals surface area contributed by atoms with Crippen LogP contribution >= 0.6 is 23.4 Å². The van der Waals surface area contributed by atoms with Gasteiger partial charge in [0.1, 0.15) is 23.4 Å². The Morgan fingerprint density at radius 3 is 2.58 bits per heavy atom. The molecule has 5 N–H and O–H groups in total. The fourth-order valence-electron chi connectivity index (χ4n) is 5.05. The number of benzene rings is 1. The summed E-state index contributed by atoms with van der Waals surface area (Å²) in [4.78, 5) is 13.2. The Balaban J connectivity index is 1.55. The lowest BCUT2D eigenvalue weighted by Gasteiger charge is -2.32. The molecule has 0 aliphatic carbocycles. The van der Waals surface area contributed by atoms with E-state index in [1.165, 1.54) is 17.3 Å². The third kappa shape index (κ3) is 7.96.